The molecule has 1 aromatic carbocycles. The number of piperidine rings is 1. The van der Waals surface area contributed by atoms with Crippen molar-refractivity contribution < 1.29 is 4.42 Å². The van der Waals surface area contributed by atoms with E-state index in [4.69, 9.17) is 9.40 Å². The summed E-state index contributed by atoms with van der Waals surface area (Å²) in [6.07, 6.45) is 4.61. The van der Waals surface area contributed by atoms with Gasteiger partial charge in [-0.05, 0) is 37.8 Å². The third kappa shape index (κ3) is 3.90. The SMILES string of the molecule is Cc1ccc2occ(CN3CCc4nc(N5CCC[C@H](C)C5)[nH]c(=O)c4C3)c(=O)c2c1. The molecule has 0 bridgehead atoms. The van der Waals surface area contributed by atoms with Crippen molar-refractivity contribution >= 4 is 16.9 Å². The van der Waals surface area contributed by atoms with Gasteiger partial charge in [0.2, 0.25) is 5.95 Å². The van der Waals surface area contributed by atoms with Crippen LogP contribution in [0.4, 0.5) is 5.95 Å². The number of benzene rings is 1. The third-order valence-electron chi connectivity index (χ3n) is 6.49. The van der Waals surface area contributed by atoms with Crippen molar-refractivity contribution in [2.24, 2.45) is 5.92 Å². The highest BCUT2D eigenvalue weighted by Crippen LogP contribution is 2.22. The maximum absolute atomic E-state index is 12.9. The summed E-state index contributed by atoms with van der Waals surface area (Å²) in [5.74, 6) is 1.32. The van der Waals surface area contributed by atoms with Crippen molar-refractivity contribution in [3.63, 3.8) is 0 Å². The second kappa shape index (κ2) is 7.96. The van der Waals surface area contributed by atoms with E-state index in [1.54, 1.807) is 6.26 Å². The van der Waals surface area contributed by atoms with Crippen molar-refractivity contribution in [2.45, 2.75) is 46.2 Å². The fourth-order valence-corrected chi connectivity index (χ4v) is 4.77. The summed E-state index contributed by atoms with van der Waals surface area (Å²) in [5.41, 5.74) is 3.77. The molecule has 0 radical (unpaired) electrons. The van der Waals surface area contributed by atoms with E-state index in [0.29, 0.717) is 53.5 Å². The maximum Gasteiger partial charge on any atom is 0.257 e. The van der Waals surface area contributed by atoms with Gasteiger partial charge in [-0.2, -0.15) is 0 Å². The van der Waals surface area contributed by atoms with Crippen LogP contribution in [0.5, 0.6) is 0 Å². The molecule has 0 unspecified atom stereocenters. The molecule has 1 N–H and O–H groups in total. The largest absolute Gasteiger partial charge is 0.464 e. The van der Waals surface area contributed by atoms with Crippen LogP contribution in [0.3, 0.4) is 0 Å². The lowest BCUT2D eigenvalue weighted by molar-refractivity contribution is 0.239. The quantitative estimate of drug-likeness (QED) is 0.702. The van der Waals surface area contributed by atoms with Gasteiger partial charge in [-0.3, -0.25) is 19.5 Å². The van der Waals surface area contributed by atoms with Gasteiger partial charge >= 0.3 is 0 Å². The molecule has 0 spiro atoms. The number of aromatic amines is 1. The Morgan fingerprint density at radius 2 is 2.13 bits per heavy atom. The lowest BCUT2D eigenvalue weighted by Gasteiger charge is -2.33. The molecule has 0 amide bonds. The second-order valence-corrected chi connectivity index (χ2v) is 9.06. The summed E-state index contributed by atoms with van der Waals surface area (Å²) in [7, 11) is 0. The van der Waals surface area contributed by atoms with Crippen LogP contribution >= 0.6 is 0 Å². The van der Waals surface area contributed by atoms with E-state index in [2.05, 4.69) is 21.7 Å². The summed E-state index contributed by atoms with van der Waals surface area (Å²) in [5, 5.41) is 0.606. The lowest BCUT2D eigenvalue weighted by Crippen LogP contribution is -2.40. The van der Waals surface area contributed by atoms with Crippen molar-refractivity contribution in [2.75, 3.05) is 24.5 Å². The molecule has 31 heavy (non-hydrogen) atoms. The Hall–Kier alpha value is -2.93. The molecule has 0 aliphatic carbocycles. The number of hydrogen-bond donors (Lipinski definition) is 1. The maximum atomic E-state index is 12.9. The van der Waals surface area contributed by atoms with Crippen molar-refractivity contribution in [3.8, 4) is 0 Å². The van der Waals surface area contributed by atoms with Gasteiger partial charge in [-0.25, -0.2) is 4.98 Å². The smallest absolute Gasteiger partial charge is 0.257 e. The standard InChI is InChI=1S/C24H28N4O3/c1-15-5-6-21-18(10-15)22(29)17(14-31-21)12-27-9-7-20-19(13-27)23(30)26-24(25-20)28-8-3-4-16(2)11-28/h5-6,10,14,16H,3-4,7-9,11-13H2,1-2H3,(H,25,26,30)/t16-/m0/s1. The minimum atomic E-state index is -0.0657. The van der Waals surface area contributed by atoms with Gasteiger partial charge in [0.15, 0.2) is 5.43 Å². The normalized spacial score (nSPS) is 19.5. The van der Waals surface area contributed by atoms with E-state index in [9.17, 15) is 9.59 Å². The molecular formula is C24H28N4O3. The van der Waals surface area contributed by atoms with Gasteiger partial charge in [-0.1, -0.05) is 18.6 Å². The molecule has 7 nitrogen and oxygen atoms in total. The van der Waals surface area contributed by atoms with Crippen molar-refractivity contribution in [1.82, 2.24) is 14.9 Å². The van der Waals surface area contributed by atoms with Crippen LogP contribution in [0.2, 0.25) is 0 Å². The summed E-state index contributed by atoms with van der Waals surface area (Å²) >= 11 is 0. The molecule has 2 aliphatic rings. The molecule has 0 saturated carbocycles. The van der Waals surface area contributed by atoms with Crippen LogP contribution in [0.15, 0.2) is 38.5 Å². The van der Waals surface area contributed by atoms with E-state index >= 15 is 0 Å². The van der Waals surface area contributed by atoms with Gasteiger partial charge < -0.3 is 9.32 Å². The fraction of sp³-hybridized carbons (Fsp3) is 0.458. The molecular weight excluding hydrogens is 392 g/mol. The minimum Gasteiger partial charge on any atom is -0.464 e. The highest BCUT2D eigenvalue weighted by molar-refractivity contribution is 5.77. The fourth-order valence-electron chi connectivity index (χ4n) is 4.77. The van der Waals surface area contributed by atoms with Gasteiger partial charge in [0, 0.05) is 44.7 Å². The number of anilines is 1. The summed E-state index contributed by atoms with van der Waals surface area (Å²) in [6.45, 7) is 7.78. The third-order valence-corrected chi connectivity index (χ3v) is 6.49. The van der Waals surface area contributed by atoms with Crippen LogP contribution in [0.1, 0.15) is 42.1 Å². The van der Waals surface area contributed by atoms with Gasteiger partial charge in [0.05, 0.1) is 22.9 Å². The number of H-pyrrole nitrogens is 1. The van der Waals surface area contributed by atoms with Crippen LogP contribution in [-0.4, -0.2) is 34.5 Å². The van der Waals surface area contributed by atoms with Gasteiger partial charge in [0.25, 0.3) is 5.56 Å². The summed E-state index contributed by atoms with van der Waals surface area (Å²) in [4.78, 5) is 37.9. The predicted molar refractivity (Wildman–Crippen MR) is 121 cm³/mol. The molecule has 5 rings (SSSR count). The minimum absolute atomic E-state index is 0.00246. The zero-order chi connectivity index (χ0) is 21.5. The number of rotatable bonds is 3. The Kier molecular flexibility index (Phi) is 5.14. The van der Waals surface area contributed by atoms with E-state index in [1.807, 2.05) is 25.1 Å². The molecule has 2 aliphatic heterocycles. The number of nitrogens with one attached hydrogen (secondary N) is 1. The summed E-state index contributed by atoms with van der Waals surface area (Å²) < 4.78 is 5.69. The van der Waals surface area contributed by atoms with Crippen molar-refractivity contribution in [3.05, 3.63) is 67.4 Å². The first-order valence-electron chi connectivity index (χ1n) is 11.1. The van der Waals surface area contributed by atoms with Crippen LogP contribution in [-0.2, 0) is 19.5 Å². The number of nitrogens with zero attached hydrogens (tertiary/aromatic N) is 3. The van der Waals surface area contributed by atoms with E-state index in [1.165, 1.54) is 6.42 Å². The first kappa shape index (κ1) is 20.0. The van der Waals surface area contributed by atoms with E-state index < -0.39 is 0 Å². The molecule has 1 atom stereocenters. The number of fused-ring (bicyclic) bond motifs is 2. The molecule has 2 aromatic heterocycles. The average molecular weight is 421 g/mol. The Morgan fingerprint density at radius 1 is 1.26 bits per heavy atom. The average Bonchev–Trinajstić information content (AvgIpc) is 2.76. The Bertz CT molecular complexity index is 1250. The lowest BCUT2D eigenvalue weighted by atomic mass is 10.0. The predicted octanol–water partition coefficient (Wildman–Crippen LogP) is 2.98. The Balaban J connectivity index is 1.38. The first-order chi connectivity index (χ1) is 15.0. The zero-order valence-corrected chi connectivity index (χ0v) is 18.1. The molecule has 1 saturated heterocycles. The van der Waals surface area contributed by atoms with Crippen LogP contribution < -0.4 is 15.9 Å². The molecule has 4 heterocycles. The number of hydrogen-bond acceptors (Lipinski definition) is 6. The molecule has 162 valence electrons. The van der Waals surface area contributed by atoms with Crippen molar-refractivity contribution in [1.29, 1.82) is 0 Å². The first-order valence-corrected chi connectivity index (χ1v) is 11.1. The monoisotopic (exact) mass is 420 g/mol. The molecule has 1 fully saturated rings. The zero-order valence-electron chi connectivity index (χ0n) is 18.1. The van der Waals surface area contributed by atoms with E-state index in [0.717, 1.165) is 37.3 Å². The van der Waals surface area contributed by atoms with Crippen LogP contribution in [0.25, 0.3) is 11.0 Å². The highest BCUT2D eigenvalue weighted by atomic mass is 16.3. The van der Waals surface area contributed by atoms with Gasteiger partial charge in [-0.15, -0.1) is 0 Å². The second-order valence-electron chi connectivity index (χ2n) is 9.06. The Labute approximate surface area is 180 Å². The summed E-state index contributed by atoms with van der Waals surface area (Å²) in [6, 6.07) is 5.64. The molecule has 7 heteroatoms. The van der Waals surface area contributed by atoms with Crippen LogP contribution in [0, 0.1) is 12.8 Å². The Morgan fingerprint density at radius 3 is 2.97 bits per heavy atom. The van der Waals surface area contributed by atoms with Gasteiger partial charge in [0.1, 0.15) is 5.58 Å². The topological polar surface area (TPSA) is 82.4 Å². The number of aromatic nitrogens is 2. The number of aryl methyl sites for hydroxylation is 1. The molecule has 3 aromatic rings. The van der Waals surface area contributed by atoms with E-state index in [-0.39, 0.29) is 11.0 Å². The highest BCUT2D eigenvalue weighted by Gasteiger charge is 2.25.